The fraction of sp³-hybridized carbons (Fsp3) is 0.429. The molecule has 0 unspecified atom stereocenters. The lowest BCUT2D eigenvalue weighted by atomic mass is 9.74. The Hall–Kier alpha value is -2.55. The third-order valence-corrected chi connectivity index (χ3v) is 4.25. The number of allylic oxidation sites excluding steroid dienone is 1. The minimum absolute atomic E-state index is 0.0312. The molecular formula is C14H4F13NO2. The van der Waals surface area contributed by atoms with Crippen molar-refractivity contribution in [2.24, 2.45) is 5.41 Å². The Morgan fingerprint density at radius 3 is 1.53 bits per heavy atom. The second kappa shape index (κ2) is 6.23. The molecule has 1 N–H and O–H groups in total. The zero-order valence-corrected chi connectivity index (χ0v) is 13.4. The van der Waals surface area contributed by atoms with Crippen molar-refractivity contribution in [2.75, 3.05) is 0 Å². The summed E-state index contributed by atoms with van der Waals surface area (Å²) in [6.07, 6.45) is -8.62. The summed E-state index contributed by atoms with van der Waals surface area (Å²) in [4.78, 5) is 14.2. The number of carbonyl (C=O) groups is 1. The summed E-state index contributed by atoms with van der Waals surface area (Å²) in [5, 5.41) is 9.43. The molecule has 0 atom stereocenters. The third-order valence-electron chi connectivity index (χ3n) is 4.25. The number of carbonyl (C=O) groups excluding carboxylic acids is 1. The van der Waals surface area contributed by atoms with Crippen LogP contribution in [-0.4, -0.2) is 45.7 Å². The van der Waals surface area contributed by atoms with Gasteiger partial charge < -0.3 is 5.11 Å². The maximum absolute atomic E-state index is 13.9. The van der Waals surface area contributed by atoms with E-state index in [1.165, 1.54) is 0 Å². The Morgan fingerprint density at radius 1 is 0.833 bits per heavy atom. The summed E-state index contributed by atoms with van der Waals surface area (Å²) in [7, 11) is 0. The van der Waals surface area contributed by atoms with Crippen molar-refractivity contribution < 1.29 is 67.0 Å². The Labute approximate surface area is 155 Å². The van der Waals surface area contributed by atoms with Crippen LogP contribution in [-0.2, 0) is 4.79 Å². The van der Waals surface area contributed by atoms with E-state index in [0.29, 0.717) is 0 Å². The molecule has 0 aromatic carbocycles. The first kappa shape index (κ1) is 23.7. The van der Waals surface area contributed by atoms with E-state index in [-0.39, 0.29) is 12.1 Å². The summed E-state index contributed by atoms with van der Waals surface area (Å²) in [6, 6.07) is -0.0623. The molecule has 168 valence electrons. The molecule has 16 heteroatoms. The van der Waals surface area contributed by atoms with E-state index in [0.717, 1.165) is 0 Å². The van der Waals surface area contributed by atoms with Crippen molar-refractivity contribution in [1.82, 2.24) is 4.98 Å². The van der Waals surface area contributed by atoms with Gasteiger partial charge in [0.1, 0.15) is 5.76 Å². The molecule has 0 aliphatic heterocycles. The molecule has 2 rings (SSSR count). The molecule has 1 aromatic heterocycles. The second-order valence-electron chi connectivity index (χ2n) is 5.94. The van der Waals surface area contributed by atoms with Gasteiger partial charge >= 0.3 is 29.9 Å². The second-order valence-corrected chi connectivity index (χ2v) is 5.94. The summed E-state index contributed by atoms with van der Waals surface area (Å²) >= 11 is 0. The van der Waals surface area contributed by atoms with E-state index in [2.05, 4.69) is 4.98 Å². The Balaban J connectivity index is 2.85. The molecule has 0 saturated heterocycles. The van der Waals surface area contributed by atoms with Crippen LogP contribution in [0, 0.1) is 17.3 Å². The van der Waals surface area contributed by atoms with Gasteiger partial charge in [0.15, 0.2) is 5.78 Å². The van der Waals surface area contributed by atoms with Crippen LogP contribution in [0.2, 0.25) is 0 Å². The summed E-state index contributed by atoms with van der Waals surface area (Å²) in [5.74, 6) is -39.1. The Morgan fingerprint density at radius 2 is 1.20 bits per heavy atom. The molecule has 1 aliphatic rings. The molecule has 1 aliphatic carbocycles. The highest BCUT2D eigenvalue weighted by molar-refractivity contribution is 6.02. The summed E-state index contributed by atoms with van der Waals surface area (Å²) in [6.45, 7) is 0. The van der Waals surface area contributed by atoms with Crippen LogP contribution in [0.15, 0.2) is 18.2 Å². The van der Waals surface area contributed by atoms with Crippen molar-refractivity contribution in [3.8, 4) is 0 Å². The van der Waals surface area contributed by atoms with E-state index in [1.807, 2.05) is 0 Å². The fourth-order valence-corrected chi connectivity index (χ4v) is 2.80. The molecule has 1 aromatic rings. The van der Waals surface area contributed by atoms with Crippen LogP contribution < -0.4 is 0 Å². The van der Waals surface area contributed by atoms with Crippen molar-refractivity contribution in [2.45, 2.75) is 29.9 Å². The smallest absolute Gasteiger partial charge is 0.414 e. The van der Waals surface area contributed by atoms with Crippen LogP contribution in [0.1, 0.15) is 5.56 Å². The average Bonchev–Trinajstić information content (AvgIpc) is 2.57. The number of alkyl halides is 11. The molecule has 1 saturated carbocycles. The van der Waals surface area contributed by atoms with Crippen molar-refractivity contribution >= 4 is 11.5 Å². The van der Waals surface area contributed by atoms with Gasteiger partial charge in [0, 0.05) is 23.8 Å². The van der Waals surface area contributed by atoms with E-state index >= 15 is 0 Å². The van der Waals surface area contributed by atoms with Crippen molar-refractivity contribution in [3.63, 3.8) is 0 Å². The molecule has 0 bridgehead atoms. The van der Waals surface area contributed by atoms with Gasteiger partial charge in [-0.15, -0.1) is 0 Å². The highest BCUT2D eigenvalue weighted by Gasteiger charge is 3.06. The van der Waals surface area contributed by atoms with E-state index < -0.39 is 70.4 Å². The molecule has 0 amide bonds. The van der Waals surface area contributed by atoms with Gasteiger partial charge in [-0.1, -0.05) is 0 Å². The van der Waals surface area contributed by atoms with Crippen molar-refractivity contribution in [3.05, 3.63) is 35.7 Å². The quantitative estimate of drug-likeness (QED) is 0.298. The number of hydrogen-bond donors (Lipinski definition) is 1. The molecule has 1 fully saturated rings. The lowest BCUT2D eigenvalue weighted by Crippen LogP contribution is -2.64. The Kier molecular flexibility index (Phi) is 4.93. The average molecular weight is 465 g/mol. The van der Waals surface area contributed by atoms with Gasteiger partial charge in [0.25, 0.3) is 5.41 Å². The largest absolute Gasteiger partial charge is 0.507 e. The number of halogens is 13. The van der Waals surface area contributed by atoms with Crippen LogP contribution in [0.4, 0.5) is 57.1 Å². The first-order chi connectivity index (χ1) is 13.2. The maximum Gasteiger partial charge on any atom is 0.414 e. The van der Waals surface area contributed by atoms with Gasteiger partial charge in [-0.2, -0.15) is 62.1 Å². The van der Waals surface area contributed by atoms with Crippen molar-refractivity contribution in [1.29, 1.82) is 0 Å². The maximum atomic E-state index is 13.9. The van der Waals surface area contributed by atoms with Crippen LogP contribution in [0.3, 0.4) is 0 Å². The van der Waals surface area contributed by atoms with Crippen LogP contribution >= 0.6 is 0 Å². The first-order valence-corrected chi connectivity index (χ1v) is 7.06. The molecule has 3 nitrogen and oxygen atoms in total. The number of hydrogen-bond acceptors (Lipinski definition) is 3. The van der Waals surface area contributed by atoms with Gasteiger partial charge in [-0.25, -0.2) is 0 Å². The fourth-order valence-electron chi connectivity index (χ4n) is 2.80. The molecule has 30 heavy (non-hydrogen) atoms. The number of rotatable bonds is 3. The highest BCUT2D eigenvalue weighted by Crippen LogP contribution is 2.75. The number of nitrogens with zero attached hydrogens (tertiary/aromatic N) is 1. The predicted octanol–water partition coefficient (Wildman–Crippen LogP) is 4.93. The summed E-state index contributed by atoms with van der Waals surface area (Å²) < 4.78 is 174. The zero-order chi connectivity index (χ0) is 23.7. The van der Waals surface area contributed by atoms with E-state index in [1.54, 1.807) is 0 Å². The topological polar surface area (TPSA) is 50.2 Å². The normalized spacial score (nSPS) is 24.0. The zero-order valence-electron chi connectivity index (χ0n) is 13.4. The molecule has 0 radical (unpaired) electrons. The number of pyridine rings is 1. The molecular weight excluding hydrogens is 461 g/mol. The number of aliphatic hydroxyl groups is 1. The van der Waals surface area contributed by atoms with E-state index in [9.17, 15) is 67.0 Å². The van der Waals surface area contributed by atoms with Gasteiger partial charge in [-0.05, 0) is 0 Å². The first-order valence-electron chi connectivity index (χ1n) is 7.06. The lowest BCUT2D eigenvalue weighted by Gasteiger charge is -2.37. The number of aromatic nitrogens is 1. The third kappa shape index (κ3) is 2.54. The molecule has 1 heterocycles. The van der Waals surface area contributed by atoms with Gasteiger partial charge in [-0.3, -0.25) is 4.79 Å². The SMILES string of the molecule is O=C(/C=C(\O)c1cc(F)nc(F)c1)C1(C(F)(F)F)C(F)(F)C(F)(F)C(F)(F)C1(F)F. The number of aliphatic hydroxyl groups excluding tert-OH is 1. The number of ketones is 1. The molecule has 0 spiro atoms. The van der Waals surface area contributed by atoms with E-state index in [4.69, 9.17) is 0 Å². The monoisotopic (exact) mass is 465 g/mol. The summed E-state index contributed by atoms with van der Waals surface area (Å²) in [5.41, 5.74) is -8.38. The highest BCUT2D eigenvalue weighted by atomic mass is 19.4. The van der Waals surface area contributed by atoms with Crippen LogP contribution in [0.25, 0.3) is 5.76 Å². The van der Waals surface area contributed by atoms with Gasteiger partial charge in [0.05, 0.1) is 0 Å². The predicted molar refractivity (Wildman–Crippen MR) is 68.0 cm³/mol. The minimum Gasteiger partial charge on any atom is -0.507 e. The standard InChI is InChI=1S/C14H4F13NO2/c15-7-1-4(2-8(16)28-7)5(29)3-6(30)9(14(25,26)27)10(17,18)12(21,22)13(23,24)11(9,19)20/h1-3,29H/b5-3-. The Bertz CT molecular complexity index is 873. The van der Waals surface area contributed by atoms with Crippen LogP contribution in [0.5, 0.6) is 0 Å². The van der Waals surface area contributed by atoms with Gasteiger partial charge in [0.2, 0.25) is 11.9 Å². The lowest BCUT2D eigenvalue weighted by molar-refractivity contribution is -0.341. The minimum atomic E-state index is -7.42.